The molecule has 0 unspecified atom stereocenters. The Morgan fingerprint density at radius 2 is 1.63 bits per heavy atom. The average Bonchev–Trinajstić information content (AvgIpc) is 3.44. The van der Waals surface area contributed by atoms with Crippen LogP contribution in [0.2, 0.25) is 5.02 Å². The molecule has 3 aromatic carbocycles. The normalized spacial score (nSPS) is 14.5. The molecular weight excluding hydrogens is 565 g/mol. The van der Waals surface area contributed by atoms with E-state index >= 15 is 0 Å². The molecule has 1 saturated carbocycles. The van der Waals surface area contributed by atoms with Gasteiger partial charge in [0.25, 0.3) is 10.0 Å². The molecule has 4 rings (SSSR count). The number of carbonyl (C=O) groups excluding carboxylic acids is 2. The van der Waals surface area contributed by atoms with E-state index in [-0.39, 0.29) is 23.4 Å². The number of halogens is 2. The van der Waals surface area contributed by atoms with E-state index in [1.54, 1.807) is 56.3 Å². The number of hydrogen-bond donors (Lipinski definition) is 1. The summed E-state index contributed by atoms with van der Waals surface area (Å²) in [6.07, 6.45) is 3.82. The third-order valence-corrected chi connectivity index (χ3v) is 9.46. The smallest absolute Gasteiger partial charge is 0.264 e. The lowest BCUT2D eigenvalue weighted by Gasteiger charge is -2.33. The van der Waals surface area contributed by atoms with Gasteiger partial charge in [-0.3, -0.25) is 13.9 Å². The van der Waals surface area contributed by atoms with E-state index in [0.717, 1.165) is 35.6 Å². The average molecular weight is 600 g/mol. The molecule has 0 radical (unpaired) electrons. The standard InChI is InChI=1S/C31H35ClFN3O4S/c1-21-8-15-28(16-9-21)41(39,40)36(29-17-12-25(32)18-22(29)2)20-30(37)35(19-24-10-13-26(33)14-11-24)23(3)31(38)34-27-6-4-5-7-27/h8-18,23,27H,4-7,19-20H2,1-3H3,(H,34,38)/t23-/m0/s1. The summed E-state index contributed by atoms with van der Waals surface area (Å²) in [6, 6.07) is 16.0. The summed E-state index contributed by atoms with van der Waals surface area (Å²) in [5.74, 6) is -1.32. The molecule has 1 aliphatic rings. The topological polar surface area (TPSA) is 86.8 Å². The number of sulfonamides is 1. The van der Waals surface area contributed by atoms with Crippen molar-refractivity contribution in [3.05, 3.63) is 94.3 Å². The van der Waals surface area contributed by atoms with Crippen LogP contribution in [0.5, 0.6) is 0 Å². The van der Waals surface area contributed by atoms with Gasteiger partial charge in [0.05, 0.1) is 10.6 Å². The first kappa shape index (κ1) is 30.5. The van der Waals surface area contributed by atoms with Crippen molar-refractivity contribution in [1.82, 2.24) is 10.2 Å². The van der Waals surface area contributed by atoms with Crippen LogP contribution < -0.4 is 9.62 Å². The predicted octanol–water partition coefficient (Wildman–Crippen LogP) is 5.77. The van der Waals surface area contributed by atoms with Crippen LogP contribution in [0.25, 0.3) is 0 Å². The molecule has 41 heavy (non-hydrogen) atoms. The van der Waals surface area contributed by atoms with Gasteiger partial charge in [-0.05, 0) is 87.2 Å². The Balaban J connectivity index is 1.70. The largest absolute Gasteiger partial charge is 0.352 e. The maximum Gasteiger partial charge on any atom is 0.264 e. The summed E-state index contributed by atoms with van der Waals surface area (Å²) in [5.41, 5.74) is 2.36. The Kier molecular flexibility index (Phi) is 9.71. The van der Waals surface area contributed by atoms with Crippen molar-refractivity contribution in [2.45, 2.75) is 70.0 Å². The number of rotatable bonds is 10. The molecule has 0 aliphatic heterocycles. The number of aryl methyl sites for hydroxylation is 2. The van der Waals surface area contributed by atoms with E-state index in [0.29, 0.717) is 21.8 Å². The fourth-order valence-corrected chi connectivity index (χ4v) is 6.72. The summed E-state index contributed by atoms with van der Waals surface area (Å²) in [4.78, 5) is 28.7. The Bertz CT molecular complexity index is 1490. The predicted molar refractivity (Wildman–Crippen MR) is 159 cm³/mol. The van der Waals surface area contributed by atoms with Crippen molar-refractivity contribution in [1.29, 1.82) is 0 Å². The number of anilines is 1. The van der Waals surface area contributed by atoms with Crippen molar-refractivity contribution in [3.8, 4) is 0 Å². The molecule has 0 spiro atoms. The maximum absolute atomic E-state index is 14.0. The molecule has 1 fully saturated rings. The van der Waals surface area contributed by atoms with E-state index in [4.69, 9.17) is 11.6 Å². The van der Waals surface area contributed by atoms with Crippen LogP contribution in [0.1, 0.15) is 49.3 Å². The van der Waals surface area contributed by atoms with E-state index in [1.807, 2.05) is 6.92 Å². The van der Waals surface area contributed by atoms with Gasteiger partial charge in [0.1, 0.15) is 18.4 Å². The summed E-state index contributed by atoms with van der Waals surface area (Å²) in [5, 5.41) is 3.46. The SMILES string of the molecule is Cc1ccc(S(=O)(=O)N(CC(=O)N(Cc2ccc(F)cc2)[C@@H](C)C(=O)NC2CCCC2)c2ccc(Cl)cc2C)cc1. The summed E-state index contributed by atoms with van der Waals surface area (Å²) >= 11 is 6.16. The van der Waals surface area contributed by atoms with E-state index < -0.39 is 34.3 Å². The number of carbonyl (C=O) groups is 2. The van der Waals surface area contributed by atoms with Crippen LogP contribution in [-0.4, -0.2) is 43.8 Å². The number of nitrogens with one attached hydrogen (secondary N) is 1. The lowest BCUT2D eigenvalue weighted by molar-refractivity contribution is -0.139. The zero-order chi connectivity index (χ0) is 29.7. The van der Waals surface area contributed by atoms with Gasteiger partial charge in [-0.1, -0.05) is 54.3 Å². The first-order valence-corrected chi connectivity index (χ1v) is 15.5. The Labute approximate surface area is 246 Å². The van der Waals surface area contributed by atoms with Crippen LogP contribution in [-0.2, 0) is 26.2 Å². The Hall–Kier alpha value is -3.43. The highest BCUT2D eigenvalue weighted by Crippen LogP contribution is 2.29. The third-order valence-electron chi connectivity index (χ3n) is 7.45. The first-order chi connectivity index (χ1) is 19.5. The fraction of sp³-hybridized carbons (Fsp3) is 0.355. The molecule has 1 atom stereocenters. The molecule has 1 N–H and O–H groups in total. The van der Waals surface area contributed by atoms with Gasteiger partial charge in [0.15, 0.2) is 0 Å². The molecular formula is C31H35ClFN3O4S. The molecule has 1 aliphatic carbocycles. The van der Waals surface area contributed by atoms with Gasteiger partial charge in [-0.25, -0.2) is 12.8 Å². The molecule has 0 aromatic heterocycles. The number of benzene rings is 3. The molecule has 0 bridgehead atoms. The lowest BCUT2D eigenvalue weighted by atomic mass is 10.1. The molecule has 3 aromatic rings. The number of hydrogen-bond acceptors (Lipinski definition) is 4. The van der Waals surface area contributed by atoms with Gasteiger partial charge in [0, 0.05) is 17.6 Å². The zero-order valence-electron chi connectivity index (χ0n) is 23.4. The quantitative estimate of drug-likeness (QED) is 0.321. The fourth-order valence-electron chi connectivity index (χ4n) is 5.01. The first-order valence-electron chi connectivity index (χ1n) is 13.7. The number of nitrogens with zero attached hydrogens (tertiary/aromatic N) is 2. The van der Waals surface area contributed by atoms with Gasteiger partial charge in [-0.2, -0.15) is 0 Å². The highest BCUT2D eigenvalue weighted by atomic mass is 35.5. The van der Waals surface area contributed by atoms with Gasteiger partial charge < -0.3 is 10.2 Å². The third kappa shape index (κ3) is 7.45. The molecule has 2 amide bonds. The highest BCUT2D eigenvalue weighted by Gasteiger charge is 2.34. The second kappa shape index (κ2) is 13.0. The Morgan fingerprint density at radius 3 is 2.24 bits per heavy atom. The molecule has 0 saturated heterocycles. The van der Waals surface area contributed by atoms with Crippen LogP contribution in [0.15, 0.2) is 71.6 Å². The molecule has 218 valence electrons. The maximum atomic E-state index is 14.0. The van der Waals surface area contributed by atoms with Crippen molar-refractivity contribution >= 4 is 39.1 Å². The Morgan fingerprint density at radius 1 is 1.00 bits per heavy atom. The summed E-state index contributed by atoms with van der Waals surface area (Å²) < 4.78 is 42.6. The van der Waals surface area contributed by atoms with E-state index in [1.165, 1.54) is 29.2 Å². The van der Waals surface area contributed by atoms with Crippen molar-refractivity contribution in [3.63, 3.8) is 0 Å². The molecule has 7 nitrogen and oxygen atoms in total. The van der Waals surface area contributed by atoms with Crippen LogP contribution in [0.3, 0.4) is 0 Å². The van der Waals surface area contributed by atoms with Gasteiger partial charge in [0.2, 0.25) is 11.8 Å². The highest BCUT2D eigenvalue weighted by molar-refractivity contribution is 7.92. The van der Waals surface area contributed by atoms with Crippen molar-refractivity contribution in [2.75, 3.05) is 10.8 Å². The van der Waals surface area contributed by atoms with Crippen LogP contribution >= 0.6 is 11.6 Å². The molecule has 0 heterocycles. The molecule has 10 heteroatoms. The van der Waals surface area contributed by atoms with Gasteiger partial charge in [-0.15, -0.1) is 0 Å². The number of amides is 2. The van der Waals surface area contributed by atoms with Crippen molar-refractivity contribution < 1.29 is 22.4 Å². The monoisotopic (exact) mass is 599 g/mol. The summed E-state index contributed by atoms with van der Waals surface area (Å²) in [6.45, 7) is 4.64. The minimum absolute atomic E-state index is 0.00359. The lowest BCUT2D eigenvalue weighted by Crippen LogP contribution is -2.52. The van der Waals surface area contributed by atoms with Gasteiger partial charge >= 0.3 is 0 Å². The minimum atomic E-state index is -4.19. The second-order valence-corrected chi connectivity index (χ2v) is 12.9. The summed E-state index contributed by atoms with van der Waals surface area (Å²) in [7, 11) is -4.19. The van der Waals surface area contributed by atoms with Crippen LogP contribution in [0, 0.1) is 19.7 Å². The minimum Gasteiger partial charge on any atom is -0.352 e. The van der Waals surface area contributed by atoms with E-state index in [9.17, 15) is 22.4 Å². The zero-order valence-corrected chi connectivity index (χ0v) is 25.0. The van der Waals surface area contributed by atoms with Crippen molar-refractivity contribution in [2.24, 2.45) is 0 Å². The van der Waals surface area contributed by atoms with E-state index in [2.05, 4.69) is 5.32 Å². The second-order valence-electron chi connectivity index (χ2n) is 10.6. The van der Waals surface area contributed by atoms with Crippen LogP contribution in [0.4, 0.5) is 10.1 Å².